The fourth-order valence-corrected chi connectivity index (χ4v) is 1.91. The van der Waals surface area contributed by atoms with Crippen molar-refractivity contribution in [2.24, 2.45) is 5.92 Å². The van der Waals surface area contributed by atoms with Crippen LogP contribution < -0.4 is 4.90 Å². The summed E-state index contributed by atoms with van der Waals surface area (Å²) >= 11 is 0. The van der Waals surface area contributed by atoms with E-state index in [1.54, 1.807) is 26.1 Å². The molecular weight excluding hydrogens is 212 g/mol. The number of hydrogen-bond donors (Lipinski definition) is 0. The summed E-state index contributed by atoms with van der Waals surface area (Å²) in [6, 6.07) is 1.77. The molecule has 1 fully saturated rings. The van der Waals surface area contributed by atoms with Gasteiger partial charge in [0, 0.05) is 31.6 Å². The first-order chi connectivity index (χ1) is 7.49. The summed E-state index contributed by atoms with van der Waals surface area (Å²) in [5.74, 6) is -1.76. The van der Waals surface area contributed by atoms with E-state index in [1.807, 2.05) is 4.90 Å². The maximum atomic E-state index is 13.3. The molecule has 1 atom stereocenters. The number of alkyl halides is 2. The van der Waals surface area contributed by atoms with Crippen molar-refractivity contribution in [2.75, 3.05) is 18.0 Å². The predicted octanol–water partition coefficient (Wildman–Crippen LogP) is 2.27. The van der Waals surface area contributed by atoms with Gasteiger partial charge in [0.05, 0.1) is 0 Å². The second-order valence-corrected chi connectivity index (χ2v) is 4.32. The van der Waals surface area contributed by atoms with E-state index in [0.29, 0.717) is 18.9 Å². The molecule has 1 saturated heterocycles. The smallest absolute Gasteiger partial charge is 0.254 e. The zero-order valence-corrected chi connectivity index (χ0v) is 9.45. The zero-order chi connectivity index (χ0) is 11.8. The standard InChI is InChI=1S/C11H15F2N3/c1-8-7-16(6-4-11(8,12)13)10-3-5-14-9(2)15-10/h3,5,8H,4,6-7H2,1-2H3. The lowest BCUT2D eigenvalue weighted by atomic mass is 9.95. The Morgan fingerprint density at radius 1 is 1.50 bits per heavy atom. The van der Waals surface area contributed by atoms with Crippen LogP contribution in [0, 0.1) is 12.8 Å². The van der Waals surface area contributed by atoms with Crippen molar-refractivity contribution in [3.05, 3.63) is 18.1 Å². The highest BCUT2D eigenvalue weighted by Gasteiger charge is 2.41. The van der Waals surface area contributed by atoms with Crippen LogP contribution in [-0.4, -0.2) is 29.0 Å². The van der Waals surface area contributed by atoms with Crippen molar-refractivity contribution in [1.82, 2.24) is 9.97 Å². The van der Waals surface area contributed by atoms with E-state index in [9.17, 15) is 8.78 Å². The Morgan fingerprint density at radius 2 is 2.25 bits per heavy atom. The maximum absolute atomic E-state index is 13.3. The topological polar surface area (TPSA) is 29.0 Å². The molecule has 5 heteroatoms. The molecule has 0 radical (unpaired) electrons. The average molecular weight is 227 g/mol. The van der Waals surface area contributed by atoms with Crippen LogP contribution in [0.15, 0.2) is 12.3 Å². The highest BCUT2D eigenvalue weighted by molar-refractivity contribution is 5.38. The summed E-state index contributed by atoms with van der Waals surface area (Å²) in [6.45, 7) is 4.09. The quantitative estimate of drug-likeness (QED) is 0.737. The van der Waals surface area contributed by atoms with Crippen LogP contribution in [0.5, 0.6) is 0 Å². The van der Waals surface area contributed by atoms with Gasteiger partial charge in [-0.15, -0.1) is 0 Å². The van der Waals surface area contributed by atoms with Crippen LogP contribution >= 0.6 is 0 Å². The number of halogens is 2. The third-order valence-corrected chi connectivity index (χ3v) is 3.02. The first-order valence-electron chi connectivity index (χ1n) is 5.41. The molecule has 1 aliphatic rings. The minimum absolute atomic E-state index is 0.1000. The molecule has 0 saturated carbocycles. The normalized spacial score (nSPS) is 24.5. The minimum Gasteiger partial charge on any atom is -0.356 e. The van der Waals surface area contributed by atoms with E-state index >= 15 is 0 Å². The van der Waals surface area contributed by atoms with Crippen LogP contribution in [0.25, 0.3) is 0 Å². The van der Waals surface area contributed by atoms with Crippen molar-refractivity contribution in [3.8, 4) is 0 Å². The second-order valence-electron chi connectivity index (χ2n) is 4.32. The highest BCUT2D eigenvalue weighted by Crippen LogP contribution is 2.34. The molecule has 0 spiro atoms. The number of piperidine rings is 1. The summed E-state index contributed by atoms with van der Waals surface area (Å²) in [6.07, 6.45) is 1.56. The molecule has 0 N–H and O–H groups in total. The molecule has 1 aliphatic heterocycles. The molecule has 0 bridgehead atoms. The van der Waals surface area contributed by atoms with Gasteiger partial charge in [0.2, 0.25) is 0 Å². The molecule has 1 aromatic heterocycles. The first kappa shape index (κ1) is 11.2. The molecule has 0 amide bonds. The van der Waals surface area contributed by atoms with Gasteiger partial charge in [-0.1, -0.05) is 6.92 Å². The number of aromatic nitrogens is 2. The largest absolute Gasteiger partial charge is 0.356 e. The zero-order valence-electron chi connectivity index (χ0n) is 9.45. The summed E-state index contributed by atoms with van der Waals surface area (Å²) in [5, 5.41) is 0. The predicted molar refractivity (Wildman–Crippen MR) is 57.7 cm³/mol. The lowest BCUT2D eigenvalue weighted by molar-refractivity contribution is -0.0652. The van der Waals surface area contributed by atoms with Gasteiger partial charge in [0.1, 0.15) is 11.6 Å². The van der Waals surface area contributed by atoms with Crippen molar-refractivity contribution >= 4 is 5.82 Å². The molecule has 88 valence electrons. The molecule has 3 nitrogen and oxygen atoms in total. The number of nitrogens with zero attached hydrogens (tertiary/aromatic N) is 3. The first-order valence-corrected chi connectivity index (χ1v) is 5.41. The molecule has 0 aliphatic carbocycles. The number of anilines is 1. The van der Waals surface area contributed by atoms with Crippen LogP contribution in [0.4, 0.5) is 14.6 Å². The van der Waals surface area contributed by atoms with E-state index in [4.69, 9.17) is 0 Å². The van der Waals surface area contributed by atoms with Crippen molar-refractivity contribution in [3.63, 3.8) is 0 Å². The Labute approximate surface area is 93.5 Å². The minimum atomic E-state index is -2.54. The van der Waals surface area contributed by atoms with Crippen LogP contribution in [0.2, 0.25) is 0 Å². The Bertz CT molecular complexity index is 381. The van der Waals surface area contributed by atoms with Crippen molar-refractivity contribution < 1.29 is 8.78 Å². The Hall–Kier alpha value is -1.26. The monoisotopic (exact) mass is 227 g/mol. The Kier molecular flexibility index (Phi) is 2.78. The van der Waals surface area contributed by atoms with E-state index in [2.05, 4.69) is 9.97 Å². The van der Waals surface area contributed by atoms with Gasteiger partial charge < -0.3 is 4.90 Å². The lowest BCUT2D eigenvalue weighted by Gasteiger charge is -2.37. The van der Waals surface area contributed by atoms with E-state index in [-0.39, 0.29) is 6.42 Å². The Balaban J connectivity index is 2.14. The lowest BCUT2D eigenvalue weighted by Crippen LogP contribution is -2.46. The SMILES string of the molecule is Cc1nccc(N2CCC(F)(F)C(C)C2)n1. The highest BCUT2D eigenvalue weighted by atomic mass is 19.3. The molecule has 16 heavy (non-hydrogen) atoms. The number of rotatable bonds is 1. The van der Waals surface area contributed by atoms with E-state index in [0.717, 1.165) is 5.82 Å². The van der Waals surface area contributed by atoms with E-state index < -0.39 is 11.8 Å². The molecule has 1 unspecified atom stereocenters. The third-order valence-electron chi connectivity index (χ3n) is 3.02. The molecule has 1 aromatic rings. The fraction of sp³-hybridized carbons (Fsp3) is 0.636. The number of aryl methyl sites for hydroxylation is 1. The summed E-state index contributed by atoms with van der Waals surface area (Å²) < 4.78 is 26.6. The molecule has 2 rings (SSSR count). The van der Waals surface area contributed by atoms with Gasteiger partial charge in [0.25, 0.3) is 5.92 Å². The van der Waals surface area contributed by atoms with Crippen LogP contribution in [0.3, 0.4) is 0 Å². The van der Waals surface area contributed by atoms with E-state index in [1.165, 1.54) is 0 Å². The summed E-state index contributed by atoms with van der Waals surface area (Å²) in [5.41, 5.74) is 0. The molecule has 2 heterocycles. The second kappa shape index (κ2) is 3.96. The number of hydrogen-bond acceptors (Lipinski definition) is 3. The van der Waals surface area contributed by atoms with Gasteiger partial charge in [0.15, 0.2) is 0 Å². The van der Waals surface area contributed by atoms with Crippen molar-refractivity contribution in [1.29, 1.82) is 0 Å². The summed E-state index contributed by atoms with van der Waals surface area (Å²) in [7, 11) is 0. The van der Waals surface area contributed by atoms with Gasteiger partial charge in [-0.2, -0.15) is 0 Å². The molecular formula is C11H15F2N3. The van der Waals surface area contributed by atoms with Crippen LogP contribution in [-0.2, 0) is 0 Å². The Morgan fingerprint density at radius 3 is 2.88 bits per heavy atom. The van der Waals surface area contributed by atoms with Gasteiger partial charge >= 0.3 is 0 Å². The fourth-order valence-electron chi connectivity index (χ4n) is 1.91. The van der Waals surface area contributed by atoms with Gasteiger partial charge in [-0.05, 0) is 13.0 Å². The van der Waals surface area contributed by atoms with Gasteiger partial charge in [-0.25, -0.2) is 18.7 Å². The van der Waals surface area contributed by atoms with Gasteiger partial charge in [-0.3, -0.25) is 0 Å². The van der Waals surface area contributed by atoms with Crippen LogP contribution in [0.1, 0.15) is 19.2 Å². The molecule has 0 aromatic carbocycles. The average Bonchev–Trinajstić information content (AvgIpc) is 2.22. The third kappa shape index (κ3) is 2.13. The van der Waals surface area contributed by atoms with Crippen molar-refractivity contribution in [2.45, 2.75) is 26.2 Å². The summed E-state index contributed by atoms with van der Waals surface area (Å²) in [4.78, 5) is 10.1. The maximum Gasteiger partial charge on any atom is 0.254 e.